The van der Waals surface area contributed by atoms with Crippen LogP contribution in [-0.2, 0) is 4.79 Å². The number of thiazole rings is 1. The molecule has 0 atom stereocenters. The van der Waals surface area contributed by atoms with E-state index in [1.54, 1.807) is 11.3 Å². The fourth-order valence-corrected chi connectivity index (χ4v) is 5.17. The Morgan fingerprint density at radius 2 is 1.89 bits per heavy atom. The molecule has 2 aromatic rings. The molecule has 0 unspecified atom stereocenters. The van der Waals surface area contributed by atoms with Crippen molar-refractivity contribution in [3.8, 4) is 11.5 Å². The number of amides is 1. The zero-order chi connectivity index (χ0) is 19.5. The Morgan fingerprint density at radius 1 is 1.18 bits per heavy atom. The third kappa shape index (κ3) is 3.96. The monoisotopic (exact) mass is 404 g/mol. The predicted octanol–water partition coefficient (Wildman–Crippen LogP) is 2.86. The van der Waals surface area contributed by atoms with E-state index >= 15 is 0 Å². The first-order chi connectivity index (χ1) is 13.7. The van der Waals surface area contributed by atoms with E-state index in [0.717, 1.165) is 78.7 Å². The minimum Gasteiger partial charge on any atom is -0.454 e. The molecule has 1 aromatic heterocycles. The number of hydrogen-bond acceptors (Lipinski definition) is 5. The number of carbonyl (C=O) groups excluding carboxylic acids is 1. The number of fused-ring (bicyclic) bond motifs is 2. The summed E-state index contributed by atoms with van der Waals surface area (Å²) < 4.78 is 12.0. The molecule has 0 saturated heterocycles. The van der Waals surface area contributed by atoms with Crippen molar-refractivity contribution >= 4 is 32.6 Å². The van der Waals surface area contributed by atoms with Gasteiger partial charge in [0.1, 0.15) is 0 Å². The molecule has 1 aliphatic heterocycles. The second-order valence-electron chi connectivity index (χ2n) is 7.70. The maximum Gasteiger partial charge on any atom is 0.232 e. The first-order valence-electron chi connectivity index (χ1n) is 10.5. The number of likely N-dealkylation sites (N-methyl/N-ethyl adjacent to an activating group) is 1. The Labute approximate surface area is 170 Å². The van der Waals surface area contributed by atoms with Gasteiger partial charge in [0.25, 0.3) is 0 Å². The number of aromatic nitrogens is 1. The van der Waals surface area contributed by atoms with Gasteiger partial charge in [-0.25, -0.2) is 4.98 Å². The summed E-state index contributed by atoms with van der Waals surface area (Å²) in [4.78, 5) is 21.7. The number of quaternary nitrogens is 1. The van der Waals surface area contributed by atoms with E-state index in [2.05, 4.69) is 13.8 Å². The van der Waals surface area contributed by atoms with Crippen LogP contribution in [0.3, 0.4) is 0 Å². The summed E-state index contributed by atoms with van der Waals surface area (Å²) in [6, 6.07) is 3.91. The van der Waals surface area contributed by atoms with Crippen molar-refractivity contribution in [2.75, 3.05) is 37.9 Å². The van der Waals surface area contributed by atoms with Crippen molar-refractivity contribution < 1.29 is 19.2 Å². The van der Waals surface area contributed by atoms with Crippen LogP contribution in [-0.4, -0.2) is 43.9 Å². The van der Waals surface area contributed by atoms with E-state index in [1.807, 2.05) is 17.0 Å². The second kappa shape index (κ2) is 8.66. The number of nitrogens with zero attached hydrogens (tertiary/aromatic N) is 2. The average molecular weight is 405 g/mol. The van der Waals surface area contributed by atoms with Crippen molar-refractivity contribution in [2.45, 2.75) is 46.0 Å². The summed E-state index contributed by atoms with van der Waals surface area (Å²) in [5.74, 6) is 1.90. The Kier molecular flexibility index (Phi) is 6.01. The maximum atomic E-state index is 13.4. The highest BCUT2D eigenvalue weighted by Gasteiger charge is 2.30. The van der Waals surface area contributed by atoms with Gasteiger partial charge < -0.3 is 14.4 Å². The predicted molar refractivity (Wildman–Crippen MR) is 112 cm³/mol. The van der Waals surface area contributed by atoms with E-state index in [-0.39, 0.29) is 18.6 Å². The Bertz CT molecular complexity index is 787. The van der Waals surface area contributed by atoms with Crippen molar-refractivity contribution in [3.05, 3.63) is 12.1 Å². The molecule has 1 aromatic carbocycles. The molecule has 2 aliphatic rings. The minimum atomic E-state index is 0.143. The van der Waals surface area contributed by atoms with Crippen molar-refractivity contribution in [3.63, 3.8) is 0 Å². The van der Waals surface area contributed by atoms with Crippen LogP contribution >= 0.6 is 11.3 Å². The molecule has 6 nitrogen and oxygen atoms in total. The van der Waals surface area contributed by atoms with Crippen LogP contribution < -0.4 is 19.3 Å². The summed E-state index contributed by atoms with van der Waals surface area (Å²) >= 11 is 1.58. The normalized spacial score (nSPS) is 16.8. The van der Waals surface area contributed by atoms with E-state index in [9.17, 15) is 4.79 Å². The smallest absolute Gasteiger partial charge is 0.232 e. The van der Waals surface area contributed by atoms with E-state index < -0.39 is 0 Å². The van der Waals surface area contributed by atoms with E-state index in [0.29, 0.717) is 0 Å². The number of carbonyl (C=O) groups is 1. The Hall–Kier alpha value is -1.86. The highest BCUT2D eigenvalue weighted by atomic mass is 32.1. The molecule has 152 valence electrons. The molecule has 1 aliphatic carbocycles. The molecule has 2 heterocycles. The maximum absolute atomic E-state index is 13.4. The lowest BCUT2D eigenvalue weighted by Crippen LogP contribution is -3.12. The van der Waals surface area contributed by atoms with Crippen LogP contribution in [0.15, 0.2) is 12.1 Å². The summed E-state index contributed by atoms with van der Waals surface area (Å²) in [6.45, 7) is 8.48. The van der Waals surface area contributed by atoms with E-state index in [1.165, 1.54) is 11.3 Å². The molecule has 7 heteroatoms. The molecular formula is C21H30N3O3S+. The number of ether oxygens (including phenoxy) is 2. The molecular weight excluding hydrogens is 374 g/mol. The van der Waals surface area contributed by atoms with Gasteiger partial charge in [0.15, 0.2) is 16.6 Å². The molecule has 28 heavy (non-hydrogen) atoms. The van der Waals surface area contributed by atoms with Gasteiger partial charge in [-0.05, 0) is 26.7 Å². The van der Waals surface area contributed by atoms with Gasteiger partial charge in [-0.15, -0.1) is 0 Å². The number of hydrogen-bond donors (Lipinski definition) is 1. The lowest BCUT2D eigenvalue weighted by molar-refractivity contribution is -0.894. The Morgan fingerprint density at radius 3 is 2.61 bits per heavy atom. The zero-order valence-electron chi connectivity index (χ0n) is 16.8. The van der Waals surface area contributed by atoms with Crippen LogP contribution in [0.5, 0.6) is 11.5 Å². The van der Waals surface area contributed by atoms with E-state index in [4.69, 9.17) is 14.5 Å². The molecule has 1 saturated carbocycles. The third-order valence-electron chi connectivity index (χ3n) is 6.01. The largest absolute Gasteiger partial charge is 0.454 e. The van der Waals surface area contributed by atoms with Gasteiger partial charge in [-0.3, -0.25) is 9.69 Å². The lowest BCUT2D eigenvalue weighted by atomic mass is 9.88. The average Bonchev–Trinajstić information content (AvgIpc) is 3.35. The van der Waals surface area contributed by atoms with Crippen molar-refractivity contribution in [2.24, 2.45) is 5.92 Å². The van der Waals surface area contributed by atoms with Gasteiger partial charge >= 0.3 is 0 Å². The van der Waals surface area contributed by atoms with Crippen LogP contribution in [0.25, 0.3) is 10.2 Å². The fourth-order valence-electron chi connectivity index (χ4n) is 4.16. The third-order valence-corrected chi connectivity index (χ3v) is 7.05. The van der Waals surface area contributed by atoms with Gasteiger partial charge in [0, 0.05) is 18.1 Å². The number of benzene rings is 1. The lowest BCUT2D eigenvalue weighted by Gasteiger charge is -2.28. The van der Waals surface area contributed by atoms with Crippen molar-refractivity contribution in [1.82, 2.24) is 4.98 Å². The van der Waals surface area contributed by atoms with Crippen LogP contribution in [0, 0.1) is 5.92 Å². The highest BCUT2D eigenvalue weighted by molar-refractivity contribution is 7.22. The molecule has 0 spiro atoms. The molecule has 1 amide bonds. The molecule has 1 N–H and O–H groups in total. The summed E-state index contributed by atoms with van der Waals surface area (Å²) in [5.41, 5.74) is 0.876. The zero-order valence-corrected chi connectivity index (χ0v) is 17.6. The molecule has 4 rings (SSSR count). The van der Waals surface area contributed by atoms with Crippen LogP contribution in [0.1, 0.15) is 46.0 Å². The number of rotatable bonds is 7. The Balaban J connectivity index is 1.61. The van der Waals surface area contributed by atoms with Crippen molar-refractivity contribution in [1.29, 1.82) is 0 Å². The van der Waals surface area contributed by atoms with Gasteiger partial charge in [0.2, 0.25) is 12.7 Å². The van der Waals surface area contributed by atoms with Crippen LogP contribution in [0.4, 0.5) is 5.13 Å². The second-order valence-corrected chi connectivity index (χ2v) is 8.71. The SMILES string of the molecule is CC[NH+](CC)CCN(C(=O)C1CCCCC1)c1nc2cc3c(cc2s1)OCO3. The standard InChI is InChI=1S/C21H29N3O3S/c1-3-23(4-2)10-11-24(20(25)15-8-6-5-7-9-15)21-22-16-12-17-18(27-14-26-17)13-19(16)28-21/h12-13,15H,3-11,14H2,1-2H3/p+1. The fraction of sp³-hybridized carbons (Fsp3) is 0.619. The van der Waals surface area contributed by atoms with Gasteiger partial charge in [0.05, 0.1) is 36.4 Å². The number of nitrogens with one attached hydrogen (secondary N) is 1. The summed E-state index contributed by atoms with van der Waals surface area (Å²) in [5, 5.41) is 0.806. The molecule has 1 fully saturated rings. The summed E-state index contributed by atoms with van der Waals surface area (Å²) in [7, 11) is 0. The van der Waals surface area contributed by atoms with Crippen LogP contribution in [0.2, 0.25) is 0 Å². The minimum absolute atomic E-state index is 0.143. The summed E-state index contributed by atoms with van der Waals surface area (Å²) in [6.07, 6.45) is 5.59. The molecule has 0 radical (unpaired) electrons. The quantitative estimate of drug-likeness (QED) is 0.771. The first kappa shape index (κ1) is 19.5. The topological polar surface area (TPSA) is 56.1 Å². The first-order valence-corrected chi connectivity index (χ1v) is 11.4. The number of anilines is 1. The van der Waals surface area contributed by atoms with Gasteiger partial charge in [-0.2, -0.15) is 0 Å². The van der Waals surface area contributed by atoms with Gasteiger partial charge in [-0.1, -0.05) is 30.6 Å². The molecule has 0 bridgehead atoms. The highest BCUT2D eigenvalue weighted by Crippen LogP contribution is 2.40.